The molecular formula is C21H26BrNO3. The summed E-state index contributed by atoms with van der Waals surface area (Å²) >= 11 is 3.44. The molecule has 4 aliphatic rings. The third kappa shape index (κ3) is 3.83. The number of nitrogens with one attached hydrogen (secondary N) is 1. The second-order valence-electron chi connectivity index (χ2n) is 8.77. The molecule has 0 aliphatic heterocycles. The molecule has 140 valence electrons. The molecule has 0 radical (unpaired) electrons. The van der Waals surface area contributed by atoms with Crippen molar-refractivity contribution >= 4 is 33.5 Å². The van der Waals surface area contributed by atoms with E-state index >= 15 is 0 Å². The van der Waals surface area contributed by atoms with Crippen molar-refractivity contribution in [3.05, 3.63) is 28.2 Å². The van der Waals surface area contributed by atoms with Crippen molar-refractivity contribution in [1.82, 2.24) is 0 Å². The molecule has 0 saturated heterocycles. The summed E-state index contributed by atoms with van der Waals surface area (Å²) in [4.78, 5) is 24.5. The first-order valence-electron chi connectivity index (χ1n) is 9.62. The number of halogens is 1. The molecule has 1 aromatic carbocycles. The number of carbonyl (C=O) groups excluding carboxylic acids is 2. The minimum Gasteiger partial charge on any atom is -0.456 e. The Kier molecular flexibility index (Phi) is 4.84. The highest BCUT2D eigenvalue weighted by Gasteiger charge is 2.51. The Morgan fingerprint density at radius 1 is 1.15 bits per heavy atom. The van der Waals surface area contributed by atoms with Crippen molar-refractivity contribution in [2.24, 2.45) is 23.2 Å². The lowest BCUT2D eigenvalue weighted by Crippen LogP contribution is -2.47. The minimum atomic E-state index is -0.286. The van der Waals surface area contributed by atoms with Crippen LogP contribution in [0.4, 0.5) is 5.69 Å². The Labute approximate surface area is 163 Å². The van der Waals surface area contributed by atoms with Gasteiger partial charge in [0.2, 0.25) is 0 Å². The predicted molar refractivity (Wildman–Crippen MR) is 104 cm³/mol. The summed E-state index contributed by atoms with van der Waals surface area (Å²) in [5.74, 6) is 1.95. The van der Waals surface area contributed by atoms with Crippen LogP contribution in [0.5, 0.6) is 0 Å². The van der Waals surface area contributed by atoms with Gasteiger partial charge in [-0.05, 0) is 92.4 Å². The molecule has 0 aromatic heterocycles. The average Bonchev–Trinajstić information content (AvgIpc) is 2.55. The van der Waals surface area contributed by atoms with Crippen molar-refractivity contribution < 1.29 is 14.3 Å². The number of aryl methyl sites for hydroxylation is 1. The maximum absolute atomic E-state index is 12.4. The van der Waals surface area contributed by atoms with E-state index in [0.717, 1.165) is 27.8 Å². The number of ether oxygens (including phenoxy) is 1. The smallest absolute Gasteiger partial charge is 0.306 e. The molecule has 1 N–H and O–H groups in total. The normalized spacial score (nSPS) is 31.7. The number of amides is 1. The van der Waals surface area contributed by atoms with E-state index in [2.05, 4.69) is 21.2 Å². The molecule has 4 fully saturated rings. The zero-order valence-corrected chi connectivity index (χ0v) is 16.8. The number of carbonyl (C=O) groups is 2. The van der Waals surface area contributed by atoms with Gasteiger partial charge in [0.05, 0.1) is 6.42 Å². The van der Waals surface area contributed by atoms with Crippen LogP contribution in [0, 0.1) is 30.1 Å². The summed E-state index contributed by atoms with van der Waals surface area (Å²) in [5, 5.41) is 2.79. The van der Waals surface area contributed by atoms with E-state index in [0.29, 0.717) is 12.1 Å². The van der Waals surface area contributed by atoms with Gasteiger partial charge in [-0.1, -0.05) is 15.9 Å². The third-order valence-corrected chi connectivity index (χ3v) is 7.38. The van der Waals surface area contributed by atoms with Gasteiger partial charge in [-0.15, -0.1) is 0 Å². The summed E-state index contributed by atoms with van der Waals surface area (Å²) < 4.78 is 6.31. The molecule has 4 aliphatic carbocycles. The fourth-order valence-corrected chi connectivity index (χ4v) is 6.18. The molecule has 1 aromatic rings. The zero-order valence-electron chi connectivity index (χ0n) is 15.2. The third-order valence-electron chi connectivity index (χ3n) is 6.49. The number of hydrogen-bond acceptors (Lipinski definition) is 3. The largest absolute Gasteiger partial charge is 0.456 e. The molecule has 5 rings (SSSR count). The highest BCUT2D eigenvalue weighted by molar-refractivity contribution is 9.10. The van der Waals surface area contributed by atoms with Crippen molar-refractivity contribution in [1.29, 1.82) is 0 Å². The van der Waals surface area contributed by atoms with Crippen molar-refractivity contribution in [3.63, 3.8) is 0 Å². The lowest BCUT2D eigenvalue weighted by atomic mass is 9.49. The van der Waals surface area contributed by atoms with E-state index in [9.17, 15) is 9.59 Å². The number of esters is 1. The van der Waals surface area contributed by atoms with Crippen LogP contribution in [0.15, 0.2) is 22.7 Å². The molecule has 5 heteroatoms. The van der Waals surface area contributed by atoms with Crippen LogP contribution in [0.3, 0.4) is 0 Å². The van der Waals surface area contributed by atoms with E-state index < -0.39 is 0 Å². The first-order chi connectivity index (χ1) is 12.4. The fraction of sp³-hybridized carbons (Fsp3) is 0.619. The second kappa shape index (κ2) is 6.99. The zero-order chi connectivity index (χ0) is 18.3. The number of rotatable bonds is 5. The predicted octanol–water partition coefficient (Wildman–Crippen LogP) is 4.85. The van der Waals surface area contributed by atoms with Gasteiger partial charge in [-0.2, -0.15) is 0 Å². The maximum Gasteiger partial charge on any atom is 0.306 e. The molecule has 0 unspecified atom stereocenters. The van der Waals surface area contributed by atoms with Crippen molar-refractivity contribution in [3.8, 4) is 0 Å². The topological polar surface area (TPSA) is 55.4 Å². The van der Waals surface area contributed by atoms with Gasteiger partial charge in [0.25, 0.3) is 5.91 Å². The summed E-state index contributed by atoms with van der Waals surface area (Å²) in [7, 11) is 0. The Balaban J connectivity index is 1.27. The molecular weight excluding hydrogens is 394 g/mol. The first kappa shape index (κ1) is 18.0. The molecule has 1 amide bonds. The minimum absolute atomic E-state index is 0.158. The molecule has 0 atom stereocenters. The molecule has 4 nitrogen and oxygen atoms in total. The van der Waals surface area contributed by atoms with Gasteiger partial charge in [-0.25, -0.2) is 0 Å². The van der Waals surface area contributed by atoms with E-state index in [1.807, 2.05) is 25.1 Å². The van der Waals surface area contributed by atoms with Gasteiger partial charge in [-0.3, -0.25) is 9.59 Å². The van der Waals surface area contributed by atoms with Crippen LogP contribution in [-0.4, -0.2) is 18.5 Å². The van der Waals surface area contributed by atoms with Gasteiger partial charge in [0, 0.05) is 10.2 Å². The van der Waals surface area contributed by atoms with E-state index in [-0.39, 0.29) is 23.9 Å². The average molecular weight is 420 g/mol. The summed E-state index contributed by atoms with van der Waals surface area (Å²) in [5.41, 5.74) is 1.92. The lowest BCUT2D eigenvalue weighted by molar-refractivity contribution is -0.154. The second-order valence-corrected chi connectivity index (χ2v) is 9.62. The van der Waals surface area contributed by atoms with Gasteiger partial charge >= 0.3 is 5.97 Å². The molecule has 0 spiro atoms. The van der Waals surface area contributed by atoms with Gasteiger partial charge < -0.3 is 10.1 Å². The maximum atomic E-state index is 12.4. The van der Waals surface area contributed by atoms with Crippen molar-refractivity contribution in [2.45, 2.75) is 51.9 Å². The lowest BCUT2D eigenvalue weighted by Gasteiger charge is -2.56. The van der Waals surface area contributed by atoms with Crippen LogP contribution >= 0.6 is 15.9 Å². The summed E-state index contributed by atoms with van der Waals surface area (Å²) in [6, 6.07) is 5.61. The standard InChI is InChI=1S/C21H26BrNO3/c1-13-4-17(2-3-18(13)22)23-19(24)12-26-20(25)11-21-8-14-5-15(9-21)7-16(6-14)10-21/h2-4,14-16H,5-12H2,1H3,(H,23,24). The molecule has 4 saturated carbocycles. The Bertz CT molecular complexity index is 695. The van der Waals surface area contributed by atoms with Crippen LogP contribution in [0.2, 0.25) is 0 Å². The van der Waals surface area contributed by atoms with Crippen LogP contribution < -0.4 is 5.32 Å². The Morgan fingerprint density at radius 3 is 2.35 bits per heavy atom. The Morgan fingerprint density at radius 2 is 1.77 bits per heavy atom. The van der Waals surface area contributed by atoms with E-state index in [1.165, 1.54) is 38.5 Å². The fourth-order valence-electron chi connectivity index (χ4n) is 5.93. The molecule has 4 bridgehead atoms. The molecule has 0 heterocycles. The summed E-state index contributed by atoms with van der Waals surface area (Å²) in [6.45, 7) is 1.76. The Hall–Kier alpha value is -1.36. The van der Waals surface area contributed by atoms with Gasteiger partial charge in [0.15, 0.2) is 6.61 Å². The van der Waals surface area contributed by atoms with Crippen LogP contribution in [-0.2, 0) is 14.3 Å². The van der Waals surface area contributed by atoms with E-state index in [4.69, 9.17) is 4.74 Å². The monoisotopic (exact) mass is 419 g/mol. The van der Waals surface area contributed by atoms with Crippen molar-refractivity contribution in [2.75, 3.05) is 11.9 Å². The van der Waals surface area contributed by atoms with Crippen LogP contribution in [0.1, 0.15) is 50.5 Å². The molecule has 26 heavy (non-hydrogen) atoms. The van der Waals surface area contributed by atoms with Gasteiger partial charge in [0.1, 0.15) is 0 Å². The number of benzene rings is 1. The highest BCUT2D eigenvalue weighted by Crippen LogP contribution is 2.61. The SMILES string of the molecule is Cc1cc(NC(=O)COC(=O)CC23CC4CC(CC(C4)C2)C3)ccc1Br. The highest BCUT2D eigenvalue weighted by atomic mass is 79.9. The number of hydrogen-bond donors (Lipinski definition) is 1. The number of anilines is 1. The first-order valence-corrected chi connectivity index (χ1v) is 10.4. The quantitative estimate of drug-likeness (QED) is 0.694. The van der Waals surface area contributed by atoms with Crippen LogP contribution in [0.25, 0.3) is 0 Å². The summed E-state index contributed by atoms with van der Waals surface area (Å²) in [6.07, 6.45) is 8.12. The van der Waals surface area contributed by atoms with E-state index in [1.54, 1.807) is 0 Å².